The van der Waals surface area contributed by atoms with E-state index in [1.54, 1.807) is 18.3 Å². The van der Waals surface area contributed by atoms with E-state index >= 15 is 0 Å². The maximum Gasteiger partial charge on any atom is 0.303 e. The van der Waals surface area contributed by atoms with Gasteiger partial charge in [-0.2, -0.15) is 0 Å². The van der Waals surface area contributed by atoms with Crippen molar-refractivity contribution in [2.24, 2.45) is 0 Å². The van der Waals surface area contributed by atoms with E-state index in [9.17, 15) is 9.59 Å². The Balaban J connectivity index is 2.07. The number of aromatic nitrogens is 1. The van der Waals surface area contributed by atoms with Gasteiger partial charge in [-0.3, -0.25) is 14.6 Å². The molecule has 0 bridgehead atoms. The maximum absolute atomic E-state index is 12.0. The van der Waals surface area contributed by atoms with Gasteiger partial charge in [-0.1, -0.05) is 18.2 Å². The molecule has 0 unspecified atom stereocenters. The Morgan fingerprint density at radius 2 is 2.00 bits per heavy atom. The second kappa shape index (κ2) is 5.95. The van der Waals surface area contributed by atoms with Crippen molar-refractivity contribution in [1.29, 1.82) is 0 Å². The Morgan fingerprint density at radius 3 is 2.79 bits per heavy atom. The lowest BCUT2D eigenvalue weighted by Crippen LogP contribution is -2.25. The van der Waals surface area contributed by atoms with Crippen LogP contribution in [0, 0.1) is 0 Å². The van der Waals surface area contributed by atoms with Crippen molar-refractivity contribution in [3.63, 3.8) is 0 Å². The first-order valence-corrected chi connectivity index (χ1v) is 6.02. The SMILES string of the molecule is O=C(O)CCCNC(=O)c1cccc2cccnc12. The molecule has 1 heterocycles. The first kappa shape index (κ1) is 13.0. The fraction of sp³-hybridized carbons (Fsp3) is 0.214. The summed E-state index contributed by atoms with van der Waals surface area (Å²) in [4.78, 5) is 26.6. The van der Waals surface area contributed by atoms with Crippen LogP contribution in [0.1, 0.15) is 23.2 Å². The second-order valence-corrected chi connectivity index (χ2v) is 4.13. The molecule has 0 fully saturated rings. The molecular formula is C14H14N2O3. The third-order valence-corrected chi connectivity index (χ3v) is 2.73. The van der Waals surface area contributed by atoms with Crippen LogP contribution in [0.4, 0.5) is 0 Å². The number of amides is 1. The van der Waals surface area contributed by atoms with Crippen LogP contribution in [0.25, 0.3) is 10.9 Å². The van der Waals surface area contributed by atoms with Gasteiger partial charge in [0.1, 0.15) is 0 Å². The summed E-state index contributed by atoms with van der Waals surface area (Å²) in [7, 11) is 0. The molecule has 2 aromatic rings. The minimum atomic E-state index is -0.860. The molecule has 1 aromatic carbocycles. The van der Waals surface area contributed by atoms with Gasteiger partial charge in [0.05, 0.1) is 11.1 Å². The molecule has 1 aromatic heterocycles. The van der Waals surface area contributed by atoms with Gasteiger partial charge in [0.2, 0.25) is 0 Å². The van der Waals surface area contributed by atoms with Crippen LogP contribution < -0.4 is 5.32 Å². The summed E-state index contributed by atoms with van der Waals surface area (Å²) in [6.07, 6.45) is 2.11. The molecule has 0 aliphatic carbocycles. The van der Waals surface area contributed by atoms with E-state index in [0.717, 1.165) is 5.39 Å². The number of carbonyl (C=O) groups excluding carboxylic acids is 1. The lowest BCUT2D eigenvalue weighted by Gasteiger charge is -2.06. The van der Waals surface area contributed by atoms with Crippen LogP contribution >= 0.6 is 0 Å². The van der Waals surface area contributed by atoms with Gasteiger partial charge in [-0.05, 0) is 18.6 Å². The molecule has 5 nitrogen and oxygen atoms in total. The molecule has 98 valence electrons. The molecule has 0 spiro atoms. The number of carboxylic acids is 1. The molecule has 1 amide bonds. The summed E-state index contributed by atoms with van der Waals surface area (Å²) in [5, 5.41) is 12.1. The highest BCUT2D eigenvalue weighted by Gasteiger charge is 2.10. The predicted molar refractivity (Wildman–Crippen MR) is 70.9 cm³/mol. The number of aliphatic carboxylic acids is 1. The van der Waals surface area contributed by atoms with E-state index in [2.05, 4.69) is 10.3 Å². The Kier molecular flexibility index (Phi) is 4.07. The molecule has 5 heteroatoms. The summed E-state index contributed by atoms with van der Waals surface area (Å²) < 4.78 is 0. The fourth-order valence-corrected chi connectivity index (χ4v) is 1.82. The topological polar surface area (TPSA) is 79.3 Å². The predicted octanol–water partition coefficient (Wildman–Crippen LogP) is 1.83. The van der Waals surface area contributed by atoms with E-state index in [1.165, 1.54) is 0 Å². The van der Waals surface area contributed by atoms with Crippen LogP contribution in [0.15, 0.2) is 36.5 Å². The normalized spacial score (nSPS) is 10.3. The van der Waals surface area contributed by atoms with Crippen molar-refractivity contribution in [2.45, 2.75) is 12.8 Å². The number of nitrogens with zero attached hydrogens (tertiary/aromatic N) is 1. The number of carboxylic acid groups (broad SMARTS) is 1. The Hall–Kier alpha value is -2.43. The van der Waals surface area contributed by atoms with Crippen molar-refractivity contribution in [2.75, 3.05) is 6.54 Å². The molecule has 0 atom stereocenters. The third kappa shape index (κ3) is 3.28. The van der Waals surface area contributed by atoms with E-state index < -0.39 is 5.97 Å². The zero-order valence-corrected chi connectivity index (χ0v) is 10.3. The number of carbonyl (C=O) groups is 2. The van der Waals surface area contributed by atoms with Crippen molar-refractivity contribution in [3.05, 3.63) is 42.1 Å². The van der Waals surface area contributed by atoms with Crippen LogP contribution in [0.3, 0.4) is 0 Å². The van der Waals surface area contributed by atoms with Crippen LogP contribution in [0.2, 0.25) is 0 Å². The second-order valence-electron chi connectivity index (χ2n) is 4.13. The number of benzene rings is 1. The number of pyridine rings is 1. The van der Waals surface area contributed by atoms with Gasteiger partial charge in [-0.25, -0.2) is 0 Å². The molecule has 0 saturated heterocycles. The van der Waals surface area contributed by atoms with Crippen LogP contribution in [-0.4, -0.2) is 28.5 Å². The number of nitrogens with one attached hydrogen (secondary N) is 1. The molecule has 2 N–H and O–H groups in total. The zero-order chi connectivity index (χ0) is 13.7. The number of hydrogen-bond donors (Lipinski definition) is 2. The molecule has 19 heavy (non-hydrogen) atoms. The molecule has 2 rings (SSSR count). The number of fused-ring (bicyclic) bond motifs is 1. The van der Waals surface area contributed by atoms with Gasteiger partial charge in [0.15, 0.2) is 0 Å². The van der Waals surface area contributed by atoms with Gasteiger partial charge in [0.25, 0.3) is 5.91 Å². The van der Waals surface area contributed by atoms with Crippen molar-refractivity contribution >= 4 is 22.8 Å². The number of para-hydroxylation sites is 1. The minimum absolute atomic E-state index is 0.0497. The molecule has 0 saturated carbocycles. The van der Waals surface area contributed by atoms with Gasteiger partial charge >= 0.3 is 5.97 Å². The Bertz CT molecular complexity index is 605. The number of hydrogen-bond acceptors (Lipinski definition) is 3. The Morgan fingerprint density at radius 1 is 1.21 bits per heavy atom. The highest BCUT2D eigenvalue weighted by atomic mass is 16.4. The van der Waals surface area contributed by atoms with E-state index in [0.29, 0.717) is 24.0 Å². The lowest BCUT2D eigenvalue weighted by atomic mass is 10.1. The monoisotopic (exact) mass is 258 g/mol. The molecule has 0 radical (unpaired) electrons. The Labute approximate surface area is 110 Å². The van der Waals surface area contributed by atoms with E-state index in [1.807, 2.05) is 18.2 Å². The largest absolute Gasteiger partial charge is 0.481 e. The number of rotatable bonds is 5. The molecule has 0 aliphatic rings. The average Bonchev–Trinajstić information content (AvgIpc) is 2.42. The fourth-order valence-electron chi connectivity index (χ4n) is 1.82. The summed E-state index contributed by atoms with van der Waals surface area (Å²) in [6, 6.07) is 9.11. The summed E-state index contributed by atoms with van der Waals surface area (Å²) >= 11 is 0. The summed E-state index contributed by atoms with van der Waals surface area (Å²) in [5.74, 6) is -1.09. The molecule has 0 aliphatic heterocycles. The highest BCUT2D eigenvalue weighted by molar-refractivity contribution is 6.05. The van der Waals surface area contributed by atoms with Crippen molar-refractivity contribution in [1.82, 2.24) is 10.3 Å². The zero-order valence-electron chi connectivity index (χ0n) is 10.3. The maximum atomic E-state index is 12.0. The van der Waals surface area contributed by atoms with Crippen LogP contribution in [0.5, 0.6) is 0 Å². The van der Waals surface area contributed by atoms with Gasteiger partial charge in [-0.15, -0.1) is 0 Å². The quantitative estimate of drug-likeness (QED) is 0.802. The van der Waals surface area contributed by atoms with Crippen molar-refractivity contribution < 1.29 is 14.7 Å². The smallest absolute Gasteiger partial charge is 0.303 e. The average molecular weight is 258 g/mol. The summed E-state index contributed by atoms with van der Waals surface area (Å²) in [5.41, 5.74) is 1.16. The highest BCUT2D eigenvalue weighted by Crippen LogP contribution is 2.15. The molecular weight excluding hydrogens is 244 g/mol. The minimum Gasteiger partial charge on any atom is -0.481 e. The standard InChI is InChI=1S/C14H14N2O3/c17-12(18)7-3-9-16-14(19)11-6-1-4-10-5-2-8-15-13(10)11/h1-2,4-6,8H,3,7,9H2,(H,16,19)(H,17,18). The lowest BCUT2D eigenvalue weighted by molar-refractivity contribution is -0.137. The van der Waals surface area contributed by atoms with Gasteiger partial charge in [0, 0.05) is 24.5 Å². The third-order valence-electron chi connectivity index (χ3n) is 2.73. The van der Waals surface area contributed by atoms with Gasteiger partial charge < -0.3 is 10.4 Å². The van der Waals surface area contributed by atoms with E-state index in [-0.39, 0.29) is 12.3 Å². The first-order valence-electron chi connectivity index (χ1n) is 6.02. The van der Waals surface area contributed by atoms with E-state index in [4.69, 9.17) is 5.11 Å². The summed E-state index contributed by atoms with van der Waals surface area (Å²) in [6.45, 7) is 0.342. The van der Waals surface area contributed by atoms with Crippen LogP contribution in [-0.2, 0) is 4.79 Å². The van der Waals surface area contributed by atoms with Crippen molar-refractivity contribution in [3.8, 4) is 0 Å². The first-order chi connectivity index (χ1) is 9.18.